The number of furan rings is 1. The number of Topliss-reactive ketones (excluding diaryl/α,β-unsaturated/α-hetero) is 1. The van der Waals surface area contributed by atoms with Crippen molar-refractivity contribution in [3.8, 4) is 0 Å². The molecule has 7 atom stereocenters. The van der Waals surface area contributed by atoms with Gasteiger partial charge < -0.3 is 47.6 Å². The van der Waals surface area contributed by atoms with E-state index in [4.69, 9.17) is 22.9 Å². The fraction of sp³-hybridized carbons (Fsp3) is 0.827. The second kappa shape index (κ2) is 34.0. The van der Waals surface area contributed by atoms with Gasteiger partial charge in [-0.25, -0.2) is 0 Å². The average molecular weight is 970 g/mol. The highest BCUT2D eigenvalue weighted by Crippen LogP contribution is 2.39. The first-order chi connectivity index (χ1) is 31.9. The standard InChI is InChI=1S/C52H92NO13P/c1-8-10-20-26-42(54)32-33-45-46(48(57)37-47(45)56)36-43(55)27-24-25-31-52(59)65-44(39-64-67(60,61)63-35-34-53(5,6)7)38-62-51(58)30-23-19-17-15-13-12-14-16-18-22-29-50-41(4)40(3)49(66-50)28-21-11-9-2/h32-33,42,44-48,54,56-57H,8-31,34-39H2,1-7H3/b33-32+/t42-,44+,45+,46+,47+,48-/m0/s1. The Kier molecular flexibility index (Phi) is 30.8. The van der Waals surface area contributed by atoms with E-state index < -0.39 is 62.6 Å². The van der Waals surface area contributed by atoms with Gasteiger partial charge in [-0.1, -0.05) is 109 Å². The molecule has 1 aromatic rings. The topological polar surface area (TPSA) is 202 Å². The van der Waals surface area contributed by atoms with Gasteiger partial charge in [0.15, 0.2) is 6.10 Å². The van der Waals surface area contributed by atoms with Gasteiger partial charge in [0.2, 0.25) is 0 Å². The second-order valence-corrected chi connectivity index (χ2v) is 21.5. The molecule has 1 heterocycles. The number of carbonyl (C=O) groups is 3. The largest absolute Gasteiger partial charge is 0.756 e. The monoisotopic (exact) mass is 970 g/mol. The molecule has 1 saturated carbocycles. The maximum Gasteiger partial charge on any atom is 0.306 e. The number of esters is 2. The Hall–Kier alpha value is -2.42. The summed E-state index contributed by atoms with van der Waals surface area (Å²) in [6, 6.07) is 0. The van der Waals surface area contributed by atoms with Gasteiger partial charge in [0.05, 0.1) is 46.1 Å². The van der Waals surface area contributed by atoms with Crippen molar-refractivity contribution >= 4 is 25.5 Å². The molecule has 0 aromatic carbocycles. The molecule has 15 heteroatoms. The van der Waals surface area contributed by atoms with E-state index in [-0.39, 0.29) is 51.1 Å². The molecule has 1 aliphatic rings. The van der Waals surface area contributed by atoms with E-state index in [9.17, 15) is 39.2 Å². The van der Waals surface area contributed by atoms with Crippen LogP contribution in [0.2, 0.25) is 0 Å². The van der Waals surface area contributed by atoms with E-state index in [1.165, 1.54) is 67.6 Å². The third kappa shape index (κ3) is 27.5. The number of phosphoric ester groups is 1. The summed E-state index contributed by atoms with van der Waals surface area (Å²) in [6.07, 6.45) is 21.1. The molecule has 0 bridgehead atoms. The molecule has 388 valence electrons. The number of unbranched alkanes of at least 4 members (excludes halogenated alkanes) is 14. The van der Waals surface area contributed by atoms with Gasteiger partial charge in [0.25, 0.3) is 7.82 Å². The number of hydrogen-bond donors (Lipinski definition) is 3. The Morgan fingerprint density at radius 3 is 1.90 bits per heavy atom. The lowest BCUT2D eigenvalue weighted by molar-refractivity contribution is -0.870. The Balaban J connectivity index is 1.71. The van der Waals surface area contributed by atoms with Crippen LogP contribution in [-0.4, -0.2) is 109 Å². The Morgan fingerprint density at radius 2 is 1.28 bits per heavy atom. The van der Waals surface area contributed by atoms with Gasteiger partial charge in [-0.3, -0.25) is 18.9 Å². The van der Waals surface area contributed by atoms with Crippen molar-refractivity contribution in [1.29, 1.82) is 0 Å². The number of aliphatic hydroxyl groups is 3. The van der Waals surface area contributed by atoms with Gasteiger partial charge in [-0.05, 0) is 63.5 Å². The average Bonchev–Trinajstić information content (AvgIpc) is 3.69. The molecule has 0 spiro atoms. The first-order valence-corrected chi connectivity index (χ1v) is 27.4. The zero-order chi connectivity index (χ0) is 49.7. The number of ketones is 1. The fourth-order valence-electron chi connectivity index (χ4n) is 8.54. The van der Waals surface area contributed by atoms with Crippen molar-refractivity contribution in [3.63, 3.8) is 0 Å². The van der Waals surface area contributed by atoms with E-state index in [0.29, 0.717) is 36.7 Å². The third-order valence-electron chi connectivity index (χ3n) is 13.0. The summed E-state index contributed by atoms with van der Waals surface area (Å²) in [7, 11) is 0.926. The van der Waals surface area contributed by atoms with Crippen molar-refractivity contribution in [2.75, 3.05) is 47.5 Å². The minimum atomic E-state index is -4.74. The lowest BCUT2D eigenvalue weighted by Gasteiger charge is -2.28. The third-order valence-corrected chi connectivity index (χ3v) is 13.9. The van der Waals surface area contributed by atoms with Crippen LogP contribution >= 0.6 is 7.82 Å². The van der Waals surface area contributed by atoms with Crippen molar-refractivity contribution in [3.05, 3.63) is 34.8 Å². The minimum absolute atomic E-state index is 0.0642. The molecule has 1 aliphatic carbocycles. The number of phosphoric acid groups is 1. The van der Waals surface area contributed by atoms with Gasteiger partial charge in [-0.15, -0.1) is 0 Å². The molecule has 67 heavy (non-hydrogen) atoms. The Labute approximate surface area is 404 Å². The van der Waals surface area contributed by atoms with E-state index in [1.54, 1.807) is 12.2 Å². The predicted molar refractivity (Wildman–Crippen MR) is 260 cm³/mol. The summed E-state index contributed by atoms with van der Waals surface area (Å²) in [5, 5.41) is 31.5. The van der Waals surface area contributed by atoms with Crippen molar-refractivity contribution in [2.24, 2.45) is 11.8 Å². The van der Waals surface area contributed by atoms with Crippen LogP contribution in [0.15, 0.2) is 16.6 Å². The Bertz CT molecular complexity index is 1610. The molecule has 0 aliphatic heterocycles. The number of carbonyl (C=O) groups excluding carboxylic acids is 3. The number of nitrogens with zero attached hydrogens (tertiary/aromatic N) is 1. The maximum absolute atomic E-state index is 12.9. The summed E-state index contributed by atoms with van der Waals surface area (Å²) < 4.78 is 40.1. The normalized spacial score (nSPS) is 19.4. The highest BCUT2D eigenvalue weighted by atomic mass is 31.2. The van der Waals surface area contributed by atoms with Gasteiger partial charge in [-0.2, -0.15) is 0 Å². The second-order valence-electron chi connectivity index (χ2n) is 20.1. The van der Waals surface area contributed by atoms with E-state index in [2.05, 4.69) is 27.7 Å². The van der Waals surface area contributed by atoms with Gasteiger partial charge in [0.1, 0.15) is 37.1 Å². The van der Waals surface area contributed by atoms with E-state index in [1.807, 2.05) is 21.1 Å². The first-order valence-electron chi connectivity index (χ1n) is 25.9. The molecule has 14 nitrogen and oxygen atoms in total. The summed E-state index contributed by atoms with van der Waals surface area (Å²) in [6.45, 7) is 8.02. The number of hydrogen-bond acceptors (Lipinski definition) is 13. The molecule has 3 N–H and O–H groups in total. The molecule has 1 aromatic heterocycles. The molecular weight excluding hydrogens is 878 g/mol. The number of quaternary nitrogens is 1. The van der Waals surface area contributed by atoms with E-state index in [0.717, 1.165) is 64.2 Å². The molecular formula is C52H92NO13P. The first kappa shape index (κ1) is 60.7. The molecule has 2 rings (SSSR count). The molecule has 1 unspecified atom stereocenters. The van der Waals surface area contributed by atoms with Crippen LogP contribution in [0.1, 0.15) is 191 Å². The summed E-state index contributed by atoms with van der Waals surface area (Å²) >= 11 is 0. The maximum atomic E-state index is 12.9. The molecule has 1 fully saturated rings. The highest BCUT2D eigenvalue weighted by Gasteiger charge is 2.41. The summed E-state index contributed by atoms with van der Waals surface area (Å²) in [5.74, 6) is 0.177. The fourth-order valence-corrected chi connectivity index (χ4v) is 9.26. The number of likely N-dealkylation sites (N-methyl/N-ethyl adjacent to an activating group) is 1. The van der Waals surface area contributed by atoms with Crippen LogP contribution in [0.4, 0.5) is 0 Å². The predicted octanol–water partition coefficient (Wildman–Crippen LogP) is 9.50. The number of rotatable bonds is 40. The van der Waals surface area contributed by atoms with Crippen LogP contribution in [-0.2, 0) is 50.3 Å². The highest BCUT2D eigenvalue weighted by molar-refractivity contribution is 7.45. The molecule has 0 saturated heterocycles. The Morgan fingerprint density at radius 1 is 0.746 bits per heavy atom. The number of aliphatic hydroxyl groups excluding tert-OH is 3. The summed E-state index contributed by atoms with van der Waals surface area (Å²) in [4.78, 5) is 51.0. The minimum Gasteiger partial charge on any atom is -0.756 e. The van der Waals surface area contributed by atoms with Gasteiger partial charge >= 0.3 is 11.9 Å². The van der Waals surface area contributed by atoms with Crippen LogP contribution in [0.25, 0.3) is 0 Å². The van der Waals surface area contributed by atoms with Crippen molar-refractivity contribution < 1.29 is 66.6 Å². The van der Waals surface area contributed by atoms with Crippen molar-refractivity contribution in [2.45, 2.75) is 219 Å². The number of ether oxygens (including phenoxy) is 2. The van der Waals surface area contributed by atoms with E-state index >= 15 is 0 Å². The molecule has 0 amide bonds. The SMILES string of the molecule is CCCCCc1oc(CCCCCCCCCCCCC(=O)OC[C@H](COP(=O)([O-])OCC[N+](C)(C)C)OC(=O)CCCCC(=O)C[C@@H]2[C@@H](/C=C/[C@@H](O)CCCCC)[C@H](O)C[C@@H]2O)c(C)c1C. The quantitative estimate of drug-likeness (QED) is 0.0185. The van der Waals surface area contributed by atoms with Crippen LogP contribution < -0.4 is 4.89 Å². The van der Waals surface area contributed by atoms with Crippen LogP contribution in [0.3, 0.4) is 0 Å². The molecule has 0 radical (unpaired) electrons. The zero-order valence-corrected chi connectivity index (χ0v) is 43.5. The summed E-state index contributed by atoms with van der Waals surface area (Å²) in [5.41, 5.74) is 2.66. The van der Waals surface area contributed by atoms with Crippen molar-refractivity contribution in [1.82, 2.24) is 0 Å². The lowest BCUT2D eigenvalue weighted by Crippen LogP contribution is -2.37. The van der Waals surface area contributed by atoms with Gasteiger partial charge in [0, 0.05) is 56.8 Å². The smallest absolute Gasteiger partial charge is 0.306 e. The zero-order valence-electron chi connectivity index (χ0n) is 42.7. The number of aryl methyl sites for hydroxylation is 2. The van der Waals surface area contributed by atoms with Crippen LogP contribution in [0, 0.1) is 25.7 Å². The van der Waals surface area contributed by atoms with Crippen LogP contribution in [0.5, 0.6) is 0 Å². The lowest BCUT2D eigenvalue weighted by atomic mass is 9.87.